The molecular weight excluding hydrogens is 314 g/mol. The fourth-order valence-electron chi connectivity index (χ4n) is 1.90. The van der Waals surface area contributed by atoms with Gasteiger partial charge in [0.05, 0.1) is 0 Å². The highest BCUT2D eigenvalue weighted by Crippen LogP contribution is 2.12. The lowest BCUT2D eigenvalue weighted by atomic mass is 10.2. The van der Waals surface area contributed by atoms with Crippen molar-refractivity contribution in [2.45, 2.75) is 19.4 Å². The normalized spacial score (nSPS) is 11.5. The van der Waals surface area contributed by atoms with E-state index in [4.69, 9.17) is 10.5 Å². The van der Waals surface area contributed by atoms with E-state index in [0.29, 0.717) is 12.2 Å². The number of ether oxygens (including phenoxy) is 1. The first-order valence-corrected chi connectivity index (χ1v) is 7.47. The van der Waals surface area contributed by atoms with Crippen molar-refractivity contribution in [1.29, 1.82) is 0 Å². The van der Waals surface area contributed by atoms with Gasteiger partial charge in [-0.05, 0) is 28.9 Å². The Labute approximate surface area is 138 Å². The van der Waals surface area contributed by atoms with Crippen LogP contribution in [0.5, 0.6) is 5.75 Å². The molecule has 1 aromatic carbocycles. The van der Waals surface area contributed by atoms with Crippen molar-refractivity contribution in [1.82, 2.24) is 20.9 Å². The molecule has 0 saturated heterocycles. The van der Waals surface area contributed by atoms with Crippen LogP contribution in [-0.2, 0) is 4.79 Å². The number of amides is 2. The Kier molecular flexibility index (Phi) is 6.12. The zero-order valence-corrected chi connectivity index (χ0v) is 13.2. The number of para-hydroxylation sites is 1. The van der Waals surface area contributed by atoms with Gasteiger partial charge < -0.3 is 21.1 Å². The average Bonchev–Trinajstić information content (AvgIpc) is 3.03. The minimum Gasteiger partial charge on any atom is -0.481 e. The van der Waals surface area contributed by atoms with E-state index in [1.807, 2.05) is 25.1 Å². The molecule has 0 aliphatic rings. The highest BCUT2D eigenvalue weighted by atomic mass is 16.6. The number of carbonyl (C=O) groups is 2. The molecule has 1 heterocycles. The Bertz CT molecular complexity index is 674. The Morgan fingerprint density at radius 2 is 1.92 bits per heavy atom. The van der Waals surface area contributed by atoms with E-state index < -0.39 is 12.0 Å². The first-order valence-electron chi connectivity index (χ1n) is 7.47. The van der Waals surface area contributed by atoms with E-state index in [0.717, 1.165) is 0 Å². The van der Waals surface area contributed by atoms with Gasteiger partial charge in [-0.25, -0.2) is 4.63 Å². The first kappa shape index (κ1) is 17.3. The van der Waals surface area contributed by atoms with E-state index in [2.05, 4.69) is 25.6 Å². The molecule has 2 aromatic rings. The summed E-state index contributed by atoms with van der Waals surface area (Å²) in [6.07, 6.45) is -0.0766. The van der Waals surface area contributed by atoms with Crippen molar-refractivity contribution >= 4 is 17.6 Å². The van der Waals surface area contributed by atoms with Gasteiger partial charge in [-0.15, -0.1) is 0 Å². The Morgan fingerprint density at radius 3 is 2.54 bits per heavy atom. The highest BCUT2D eigenvalue weighted by Gasteiger charge is 2.18. The third-order valence-corrected chi connectivity index (χ3v) is 3.12. The zero-order valence-electron chi connectivity index (χ0n) is 13.2. The van der Waals surface area contributed by atoms with Crippen molar-refractivity contribution in [3.63, 3.8) is 0 Å². The standard InChI is InChI=1S/C15H19N5O4/c1-2-11(23-10-6-4-3-5-7-10)14(21)17-8-9-18-15(22)12-13(16)20-24-19-12/h3-7,11H,2,8-9H2,1H3,(H2,16,20)(H,17,21)(H,18,22)/t11-/m1/s1. The summed E-state index contributed by atoms with van der Waals surface area (Å²) in [5, 5.41) is 12.0. The molecule has 0 unspecified atom stereocenters. The number of hydrogen-bond acceptors (Lipinski definition) is 7. The molecule has 0 aliphatic heterocycles. The number of anilines is 1. The molecule has 0 spiro atoms. The zero-order chi connectivity index (χ0) is 17.4. The number of carbonyl (C=O) groups excluding carboxylic acids is 2. The van der Waals surface area contributed by atoms with Crippen LogP contribution in [0.2, 0.25) is 0 Å². The number of nitrogens with two attached hydrogens (primary N) is 1. The van der Waals surface area contributed by atoms with Crippen molar-refractivity contribution < 1.29 is 19.0 Å². The third-order valence-electron chi connectivity index (χ3n) is 3.12. The maximum Gasteiger partial charge on any atom is 0.277 e. The largest absolute Gasteiger partial charge is 0.481 e. The molecule has 128 valence electrons. The fraction of sp³-hybridized carbons (Fsp3) is 0.333. The van der Waals surface area contributed by atoms with Crippen molar-refractivity contribution in [3.8, 4) is 5.75 Å². The molecule has 0 bridgehead atoms. The van der Waals surface area contributed by atoms with Gasteiger partial charge in [0.25, 0.3) is 11.8 Å². The van der Waals surface area contributed by atoms with Gasteiger partial charge in [-0.1, -0.05) is 25.1 Å². The second-order valence-corrected chi connectivity index (χ2v) is 4.87. The van der Waals surface area contributed by atoms with E-state index in [-0.39, 0.29) is 30.5 Å². The second-order valence-electron chi connectivity index (χ2n) is 4.87. The van der Waals surface area contributed by atoms with Gasteiger partial charge in [-0.3, -0.25) is 9.59 Å². The molecule has 4 N–H and O–H groups in total. The molecule has 9 nitrogen and oxygen atoms in total. The third kappa shape index (κ3) is 4.70. The van der Waals surface area contributed by atoms with Gasteiger partial charge in [-0.2, -0.15) is 0 Å². The van der Waals surface area contributed by atoms with Crippen LogP contribution in [0.15, 0.2) is 35.0 Å². The Morgan fingerprint density at radius 1 is 1.21 bits per heavy atom. The summed E-state index contributed by atoms with van der Waals surface area (Å²) >= 11 is 0. The molecule has 0 radical (unpaired) electrons. The summed E-state index contributed by atoms with van der Waals surface area (Å²) in [7, 11) is 0. The predicted molar refractivity (Wildman–Crippen MR) is 85.2 cm³/mol. The van der Waals surface area contributed by atoms with Crippen LogP contribution in [0.1, 0.15) is 23.8 Å². The van der Waals surface area contributed by atoms with E-state index >= 15 is 0 Å². The van der Waals surface area contributed by atoms with Crippen LogP contribution < -0.4 is 21.1 Å². The maximum absolute atomic E-state index is 12.1. The van der Waals surface area contributed by atoms with E-state index in [1.165, 1.54) is 0 Å². The summed E-state index contributed by atoms with van der Waals surface area (Å²) in [4.78, 5) is 23.8. The molecule has 1 atom stereocenters. The molecule has 0 saturated carbocycles. The number of nitrogen functional groups attached to an aromatic ring is 1. The van der Waals surface area contributed by atoms with Gasteiger partial charge >= 0.3 is 0 Å². The number of aromatic nitrogens is 2. The smallest absolute Gasteiger partial charge is 0.277 e. The van der Waals surface area contributed by atoms with E-state index in [9.17, 15) is 9.59 Å². The second kappa shape index (κ2) is 8.51. The summed E-state index contributed by atoms with van der Waals surface area (Å²) in [6, 6.07) is 9.10. The molecule has 2 rings (SSSR count). The average molecular weight is 333 g/mol. The number of nitrogens with zero attached hydrogens (tertiary/aromatic N) is 2. The monoisotopic (exact) mass is 333 g/mol. The first-order chi connectivity index (χ1) is 11.6. The number of hydrogen-bond donors (Lipinski definition) is 3. The molecule has 24 heavy (non-hydrogen) atoms. The molecule has 2 amide bonds. The lowest BCUT2D eigenvalue weighted by Crippen LogP contribution is -2.41. The number of nitrogens with one attached hydrogen (secondary N) is 2. The Balaban J connectivity index is 1.73. The number of rotatable bonds is 8. The highest BCUT2D eigenvalue weighted by molar-refractivity contribution is 5.96. The van der Waals surface area contributed by atoms with Crippen LogP contribution in [-0.4, -0.2) is 41.3 Å². The SMILES string of the molecule is CC[C@@H](Oc1ccccc1)C(=O)NCCNC(=O)c1nonc1N. The summed E-state index contributed by atoms with van der Waals surface area (Å²) in [6.45, 7) is 2.30. The van der Waals surface area contributed by atoms with Crippen molar-refractivity contribution in [3.05, 3.63) is 36.0 Å². The lowest BCUT2D eigenvalue weighted by Gasteiger charge is -2.17. The van der Waals surface area contributed by atoms with Gasteiger partial charge in [0.15, 0.2) is 6.10 Å². The molecule has 9 heteroatoms. The molecular formula is C15H19N5O4. The van der Waals surface area contributed by atoms with Crippen LogP contribution in [0.25, 0.3) is 0 Å². The Hall–Kier alpha value is -3.10. The summed E-state index contributed by atoms with van der Waals surface area (Å²) < 4.78 is 9.97. The van der Waals surface area contributed by atoms with Crippen LogP contribution in [0, 0.1) is 0 Å². The molecule has 1 aromatic heterocycles. The summed E-state index contributed by atoms with van der Waals surface area (Å²) in [5.41, 5.74) is 5.33. The fourth-order valence-corrected chi connectivity index (χ4v) is 1.90. The van der Waals surface area contributed by atoms with Gasteiger partial charge in [0.2, 0.25) is 11.5 Å². The quantitative estimate of drug-likeness (QED) is 0.594. The topological polar surface area (TPSA) is 132 Å². The van der Waals surface area contributed by atoms with Gasteiger partial charge in [0.1, 0.15) is 5.75 Å². The van der Waals surface area contributed by atoms with Gasteiger partial charge in [0, 0.05) is 13.1 Å². The van der Waals surface area contributed by atoms with Crippen molar-refractivity contribution in [2.24, 2.45) is 0 Å². The minimum atomic E-state index is -0.599. The number of benzene rings is 1. The summed E-state index contributed by atoms with van der Waals surface area (Å²) in [5.74, 6) is -0.227. The molecule has 0 fully saturated rings. The van der Waals surface area contributed by atoms with Crippen molar-refractivity contribution in [2.75, 3.05) is 18.8 Å². The van der Waals surface area contributed by atoms with Crippen LogP contribution in [0.4, 0.5) is 5.82 Å². The van der Waals surface area contributed by atoms with E-state index in [1.54, 1.807) is 12.1 Å². The van der Waals surface area contributed by atoms with Crippen LogP contribution in [0.3, 0.4) is 0 Å². The maximum atomic E-state index is 12.1. The lowest BCUT2D eigenvalue weighted by molar-refractivity contribution is -0.128. The molecule has 0 aliphatic carbocycles. The minimum absolute atomic E-state index is 0.0832. The van der Waals surface area contributed by atoms with Crippen LogP contribution >= 0.6 is 0 Å². The predicted octanol–water partition coefficient (Wildman–Crippen LogP) is 0.355.